The summed E-state index contributed by atoms with van der Waals surface area (Å²) >= 11 is 0. The minimum absolute atomic E-state index is 0.0674. The van der Waals surface area contributed by atoms with Crippen LogP contribution in [0.15, 0.2) is 24.3 Å². The SMILES string of the molecule is Cc1cc(C(=O)N(C)CCO)nn1-c1ccc(F)cc1F. The van der Waals surface area contributed by atoms with E-state index in [4.69, 9.17) is 5.11 Å². The summed E-state index contributed by atoms with van der Waals surface area (Å²) in [5.74, 6) is -1.82. The van der Waals surface area contributed by atoms with Gasteiger partial charge in [-0.1, -0.05) is 0 Å². The molecule has 21 heavy (non-hydrogen) atoms. The van der Waals surface area contributed by atoms with Gasteiger partial charge in [0.25, 0.3) is 5.91 Å². The first-order valence-electron chi connectivity index (χ1n) is 6.32. The number of benzene rings is 1. The van der Waals surface area contributed by atoms with Crippen molar-refractivity contribution >= 4 is 5.91 Å². The minimum Gasteiger partial charge on any atom is -0.395 e. The Morgan fingerprint density at radius 2 is 2.10 bits per heavy atom. The van der Waals surface area contributed by atoms with Gasteiger partial charge in [-0.05, 0) is 25.1 Å². The summed E-state index contributed by atoms with van der Waals surface area (Å²) in [6.07, 6.45) is 0. The number of halogens is 2. The van der Waals surface area contributed by atoms with Gasteiger partial charge in [-0.2, -0.15) is 5.10 Å². The second-order valence-electron chi connectivity index (χ2n) is 4.63. The van der Waals surface area contributed by atoms with Gasteiger partial charge in [-0.3, -0.25) is 4.79 Å². The number of aryl methyl sites for hydroxylation is 1. The van der Waals surface area contributed by atoms with Crippen molar-refractivity contribution in [2.24, 2.45) is 0 Å². The quantitative estimate of drug-likeness (QED) is 0.930. The highest BCUT2D eigenvalue weighted by Crippen LogP contribution is 2.17. The molecule has 5 nitrogen and oxygen atoms in total. The van der Waals surface area contributed by atoms with E-state index in [0.717, 1.165) is 12.1 Å². The number of aliphatic hydroxyl groups is 1. The van der Waals surface area contributed by atoms with Crippen LogP contribution in [0.1, 0.15) is 16.2 Å². The van der Waals surface area contributed by atoms with Crippen LogP contribution in [0, 0.1) is 18.6 Å². The fraction of sp³-hybridized carbons (Fsp3) is 0.286. The molecule has 0 saturated heterocycles. The smallest absolute Gasteiger partial charge is 0.274 e. The maximum atomic E-state index is 13.8. The molecule has 0 spiro atoms. The van der Waals surface area contributed by atoms with E-state index in [1.807, 2.05) is 0 Å². The number of amides is 1. The van der Waals surface area contributed by atoms with Gasteiger partial charge in [-0.25, -0.2) is 13.5 Å². The number of hydrogen-bond acceptors (Lipinski definition) is 3. The van der Waals surface area contributed by atoms with Gasteiger partial charge in [0.05, 0.1) is 6.61 Å². The van der Waals surface area contributed by atoms with E-state index in [1.165, 1.54) is 28.8 Å². The Morgan fingerprint density at radius 3 is 2.71 bits per heavy atom. The summed E-state index contributed by atoms with van der Waals surface area (Å²) in [7, 11) is 1.53. The summed E-state index contributed by atoms with van der Waals surface area (Å²) in [5, 5.41) is 12.9. The summed E-state index contributed by atoms with van der Waals surface area (Å²) in [6, 6.07) is 4.66. The van der Waals surface area contributed by atoms with Crippen molar-refractivity contribution in [3.05, 3.63) is 47.3 Å². The lowest BCUT2D eigenvalue weighted by atomic mass is 10.3. The first kappa shape index (κ1) is 15.1. The van der Waals surface area contributed by atoms with Crippen LogP contribution in [-0.2, 0) is 0 Å². The Kier molecular flexibility index (Phi) is 4.32. The molecule has 0 aliphatic heterocycles. The third-order valence-corrected chi connectivity index (χ3v) is 3.03. The van der Waals surface area contributed by atoms with Gasteiger partial charge in [0, 0.05) is 25.4 Å². The summed E-state index contributed by atoms with van der Waals surface area (Å²) < 4.78 is 28.0. The number of rotatable bonds is 4. The van der Waals surface area contributed by atoms with Gasteiger partial charge in [0.2, 0.25) is 0 Å². The van der Waals surface area contributed by atoms with Gasteiger partial charge in [0.1, 0.15) is 11.5 Å². The molecule has 0 radical (unpaired) electrons. The lowest BCUT2D eigenvalue weighted by Crippen LogP contribution is -2.29. The highest BCUT2D eigenvalue weighted by molar-refractivity contribution is 5.92. The van der Waals surface area contributed by atoms with Crippen molar-refractivity contribution in [3.63, 3.8) is 0 Å². The monoisotopic (exact) mass is 295 g/mol. The van der Waals surface area contributed by atoms with Crippen LogP contribution < -0.4 is 0 Å². The van der Waals surface area contributed by atoms with Crippen LogP contribution in [0.2, 0.25) is 0 Å². The number of aromatic nitrogens is 2. The molecule has 7 heteroatoms. The molecule has 0 aliphatic carbocycles. The molecule has 1 N–H and O–H groups in total. The number of likely N-dealkylation sites (N-methyl/N-ethyl adjacent to an activating group) is 1. The normalized spacial score (nSPS) is 10.7. The van der Waals surface area contributed by atoms with Crippen LogP contribution in [0.5, 0.6) is 0 Å². The summed E-state index contributed by atoms with van der Waals surface area (Å²) in [4.78, 5) is 13.4. The molecule has 0 unspecified atom stereocenters. The van der Waals surface area contributed by atoms with Gasteiger partial charge in [0.15, 0.2) is 11.5 Å². The highest BCUT2D eigenvalue weighted by atomic mass is 19.1. The van der Waals surface area contributed by atoms with Crippen LogP contribution in [0.25, 0.3) is 5.69 Å². The molecule has 0 saturated carbocycles. The van der Waals surface area contributed by atoms with Crippen LogP contribution in [-0.4, -0.2) is 45.9 Å². The Balaban J connectivity index is 2.37. The second kappa shape index (κ2) is 6.01. The Bertz CT molecular complexity index is 670. The summed E-state index contributed by atoms with van der Waals surface area (Å²) in [5.41, 5.74) is 0.742. The van der Waals surface area contributed by atoms with Crippen molar-refractivity contribution in [2.75, 3.05) is 20.2 Å². The first-order chi connectivity index (χ1) is 9.93. The van der Waals surface area contributed by atoms with Crippen molar-refractivity contribution < 1.29 is 18.7 Å². The number of nitrogens with zero attached hydrogens (tertiary/aromatic N) is 3. The third kappa shape index (κ3) is 3.08. The summed E-state index contributed by atoms with van der Waals surface area (Å²) in [6.45, 7) is 1.68. The predicted molar refractivity (Wildman–Crippen MR) is 72.3 cm³/mol. The van der Waals surface area contributed by atoms with E-state index in [2.05, 4.69) is 5.10 Å². The van der Waals surface area contributed by atoms with E-state index in [1.54, 1.807) is 6.92 Å². The molecule has 1 heterocycles. The average Bonchev–Trinajstić information content (AvgIpc) is 2.80. The van der Waals surface area contributed by atoms with Crippen LogP contribution >= 0.6 is 0 Å². The minimum atomic E-state index is -0.760. The van der Waals surface area contributed by atoms with Crippen LogP contribution in [0.4, 0.5) is 8.78 Å². The van der Waals surface area contributed by atoms with Crippen LogP contribution in [0.3, 0.4) is 0 Å². The van der Waals surface area contributed by atoms with Gasteiger partial charge >= 0.3 is 0 Å². The fourth-order valence-corrected chi connectivity index (χ4v) is 1.92. The molecule has 1 amide bonds. The van der Waals surface area contributed by atoms with Crippen molar-refractivity contribution in [3.8, 4) is 5.69 Å². The zero-order valence-electron chi connectivity index (χ0n) is 11.7. The lowest BCUT2D eigenvalue weighted by Gasteiger charge is -2.13. The first-order valence-corrected chi connectivity index (χ1v) is 6.32. The zero-order valence-corrected chi connectivity index (χ0v) is 11.7. The maximum absolute atomic E-state index is 13.8. The standard InChI is InChI=1S/C14H15F2N3O2/c1-9-7-12(14(21)18(2)5-6-20)17-19(9)13-4-3-10(15)8-11(13)16/h3-4,7-8,20H,5-6H2,1-2H3. The molecule has 2 rings (SSSR count). The average molecular weight is 295 g/mol. The molecule has 112 valence electrons. The Morgan fingerprint density at radius 1 is 1.38 bits per heavy atom. The molecule has 1 aromatic heterocycles. The molecular formula is C14H15F2N3O2. The number of hydrogen-bond donors (Lipinski definition) is 1. The van der Waals surface area contributed by atoms with Gasteiger partial charge < -0.3 is 10.0 Å². The molecule has 0 fully saturated rings. The highest BCUT2D eigenvalue weighted by Gasteiger charge is 2.18. The van der Waals surface area contributed by atoms with E-state index < -0.39 is 11.6 Å². The van der Waals surface area contributed by atoms with E-state index in [9.17, 15) is 13.6 Å². The third-order valence-electron chi connectivity index (χ3n) is 3.03. The molecule has 0 bridgehead atoms. The molecule has 0 aliphatic rings. The van der Waals surface area contributed by atoms with Crippen molar-refractivity contribution in [1.29, 1.82) is 0 Å². The lowest BCUT2D eigenvalue weighted by molar-refractivity contribution is 0.0760. The number of carbonyl (C=O) groups is 1. The number of carbonyl (C=O) groups excluding carboxylic acids is 1. The molecule has 2 aromatic rings. The fourth-order valence-electron chi connectivity index (χ4n) is 1.92. The van der Waals surface area contributed by atoms with E-state index in [0.29, 0.717) is 5.69 Å². The zero-order chi connectivity index (χ0) is 15.6. The van der Waals surface area contributed by atoms with Crippen molar-refractivity contribution in [1.82, 2.24) is 14.7 Å². The largest absolute Gasteiger partial charge is 0.395 e. The Hall–Kier alpha value is -2.28. The topological polar surface area (TPSA) is 58.4 Å². The van der Waals surface area contributed by atoms with Gasteiger partial charge in [-0.15, -0.1) is 0 Å². The second-order valence-corrected chi connectivity index (χ2v) is 4.63. The van der Waals surface area contributed by atoms with E-state index in [-0.39, 0.29) is 30.4 Å². The van der Waals surface area contributed by atoms with E-state index >= 15 is 0 Å². The molecule has 1 aromatic carbocycles. The molecule has 0 atom stereocenters. The Labute approximate surface area is 120 Å². The number of aliphatic hydroxyl groups excluding tert-OH is 1. The predicted octanol–water partition coefficient (Wildman–Crippen LogP) is 1.52. The maximum Gasteiger partial charge on any atom is 0.274 e. The molecular weight excluding hydrogens is 280 g/mol. The van der Waals surface area contributed by atoms with Crippen molar-refractivity contribution in [2.45, 2.75) is 6.92 Å².